The summed E-state index contributed by atoms with van der Waals surface area (Å²) in [5.74, 6) is -1.10. The number of ether oxygens (including phenoxy) is 1. The molecule has 7 nitrogen and oxygen atoms in total. The van der Waals surface area contributed by atoms with Crippen molar-refractivity contribution in [1.82, 2.24) is 10.6 Å². The number of nitrogens with one attached hydrogen (secondary N) is 2. The predicted octanol–water partition coefficient (Wildman–Crippen LogP) is -0.0866. The number of para-hydroxylation sites is 1. The van der Waals surface area contributed by atoms with Crippen LogP contribution in [0.4, 0.5) is 0 Å². The summed E-state index contributed by atoms with van der Waals surface area (Å²) in [7, 11) is 0. The van der Waals surface area contributed by atoms with Crippen LogP contribution in [-0.2, 0) is 14.4 Å². The zero-order valence-electron chi connectivity index (χ0n) is 11.2. The minimum absolute atomic E-state index is 0.0577. The maximum atomic E-state index is 11.7. The lowest BCUT2D eigenvalue weighted by Gasteiger charge is -2.36. The van der Waals surface area contributed by atoms with E-state index in [2.05, 4.69) is 10.6 Å². The van der Waals surface area contributed by atoms with Crippen molar-refractivity contribution in [2.45, 2.75) is 24.9 Å². The molecule has 2 amide bonds. The van der Waals surface area contributed by atoms with E-state index >= 15 is 0 Å². The number of aliphatic carboxylic acids is 1. The number of carboxylic acid groups (broad SMARTS) is 1. The fraction of sp³-hybridized carbons (Fsp3) is 0.357. The second-order valence-corrected chi connectivity index (χ2v) is 4.69. The normalized spacial score (nSPS) is 20.1. The molecule has 2 rings (SSSR count). The van der Waals surface area contributed by atoms with Gasteiger partial charge in [0.1, 0.15) is 11.8 Å². The summed E-state index contributed by atoms with van der Waals surface area (Å²) in [6.07, 6.45) is 0.226. The van der Waals surface area contributed by atoms with Crippen LogP contribution in [0.5, 0.6) is 5.75 Å². The molecule has 1 aliphatic heterocycles. The Kier molecular flexibility index (Phi) is 4.76. The van der Waals surface area contributed by atoms with Gasteiger partial charge in [-0.2, -0.15) is 0 Å². The standard InChI is InChI=1S/C14H16N2O5/c17-11(8-21-9-4-2-1-3-5-9)16-13-10(15-14(13)20)6-7-12(18)19/h1-5,10,13H,6-8H2,(H,15,20)(H,16,17)(H,18,19)/t10-,13+/m0/s1. The molecule has 0 aromatic heterocycles. The third-order valence-electron chi connectivity index (χ3n) is 3.11. The average Bonchev–Trinajstić information content (AvgIpc) is 2.47. The van der Waals surface area contributed by atoms with Crippen LogP contribution in [0.1, 0.15) is 12.8 Å². The fourth-order valence-electron chi connectivity index (χ4n) is 2.01. The molecule has 1 aromatic carbocycles. The summed E-state index contributed by atoms with van der Waals surface area (Å²) in [6, 6.07) is 7.82. The first-order chi connectivity index (χ1) is 10.1. The van der Waals surface area contributed by atoms with Gasteiger partial charge in [0, 0.05) is 6.42 Å². The lowest BCUT2D eigenvalue weighted by molar-refractivity contribution is -0.140. The van der Waals surface area contributed by atoms with Gasteiger partial charge in [-0.1, -0.05) is 18.2 Å². The van der Waals surface area contributed by atoms with Gasteiger partial charge in [-0.15, -0.1) is 0 Å². The van der Waals surface area contributed by atoms with Crippen molar-refractivity contribution in [1.29, 1.82) is 0 Å². The second-order valence-electron chi connectivity index (χ2n) is 4.69. The van der Waals surface area contributed by atoms with E-state index in [1.54, 1.807) is 24.3 Å². The van der Waals surface area contributed by atoms with Crippen LogP contribution in [-0.4, -0.2) is 41.6 Å². The Hall–Kier alpha value is -2.57. The van der Waals surface area contributed by atoms with Crippen LogP contribution in [0.3, 0.4) is 0 Å². The Balaban J connectivity index is 1.76. The summed E-state index contributed by atoms with van der Waals surface area (Å²) < 4.78 is 5.27. The van der Waals surface area contributed by atoms with E-state index in [0.29, 0.717) is 5.75 Å². The maximum Gasteiger partial charge on any atom is 0.303 e. The quantitative estimate of drug-likeness (QED) is 0.609. The summed E-state index contributed by atoms with van der Waals surface area (Å²) in [6.45, 7) is -0.195. The number of carboxylic acids is 1. The molecule has 21 heavy (non-hydrogen) atoms. The van der Waals surface area contributed by atoms with Gasteiger partial charge in [0.15, 0.2) is 6.61 Å². The fourth-order valence-corrected chi connectivity index (χ4v) is 2.01. The molecule has 0 spiro atoms. The number of benzene rings is 1. The molecule has 0 radical (unpaired) electrons. The molecule has 0 bridgehead atoms. The Morgan fingerprint density at radius 2 is 2.00 bits per heavy atom. The molecule has 3 N–H and O–H groups in total. The van der Waals surface area contributed by atoms with Gasteiger partial charge in [-0.3, -0.25) is 14.4 Å². The summed E-state index contributed by atoms with van der Waals surface area (Å²) in [5.41, 5.74) is 0. The van der Waals surface area contributed by atoms with E-state index in [-0.39, 0.29) is 31.4 Å². The van der Waals surface area contributed by atoms with Gasteiger partial charge in [-0.05, 0) is 18.6 Å². The number of rotatable bonds is 7. The number of amides is 2. The molecular weight excluding hydrogens is 276 g/mol. The lowest BCUT2D eigenvalue weighted by Crippen LogP contribution is -2.69. The highest BCUT2D eigenvalue weighted by atomic mass is 16.5. The summed E-state index contributed by atoms with van der Waals surface area (Å²) >= 11 is 0. The molecule has 0 aliphatic carbocycles. The van der Waals surface area contributed by atoms with Crippen molar-refractivity contribution in [2.75, 3.05) is 6.61 Å². The number of carbonyl (C=O) groups excluding carboxylic acids is 2. The molecule has 0 unspecified atom stereocenters. The second kappa shape index (κ2) is 6.74. The lowest BCUT2D eigenvalue weighted by atomic mass is 9.94. The van der Waals surface area contributed by atoms with Crippen LogP contribution in [0.15, 0.2) is 30.3 Å². The summed E-state index contributed by atoms with van der Waals surface area (Å²) in [5, 5.41) is 13.7. The van der Waals surface area contributed by atoms with E-state index in [0.717, 1.165) is 0 Å². The number of hydrogen-bond acceptors (Lipinski definition) is 4. The Morgan fingerprint density at radius 3 is 2.62 bits per heavy atom. The first kappa shape index (κ1) is 14.8. The molecular formula is C14H16N2O5. The van der Waals surface area contributed by atoms with Gasteiger partial charge in [0.05, 0.1) is 6.04 Å². The highest BCUT2D eigenvalue weighted by molar-refractivity contribution is 5.93. The zero-order chi connectivity index (χ0) is 15.2. The zero-order valence-corrected chi connectivity index (χ0v) is 11.2. The van der Waals surface area contributed by atoms with E-state index in [1.165, 1.54) is 0 Å². The molecule has 112 valence electrons. The van der Waals surface area contributed by atoms with Crippen molar-refractivity contribution in [2.24, 2.45) is 0 Å². The van der Waals surface area contributed by atoms with Gasteiger partial charge in [-0.25, -0.2) is 0 Å². The molecule has 1 aromatic rings. The van der Waals surface area contributed by atoms with Crippen molar-refractivity contribution in [3.05, 3.63) is 30.3 Å². The SMILES string of the molecule is O=C(O)CC[C@@H]1NC(=O)[C@@H]1NC(=O)COc1ccccc1. The minimum Gasteiger partial charge on any atom is -0.484 e. The molecule has 7 heteroatoms. The largest absolute Gasteiger partial charge is 0.484 e. The summed E-state index contributed by atoms with van der Waals surface area (Å²) in [4.78, 5) is 33.6. The first-order valence-corrected chi connectivity index (χ1v) is 6.55. The van der Waals surface area contributed by atoms with Crippen LogP contribution in [0.25, 0.3) is 0 Å². The molecule has 1 fully saturated rings. The third kappa shape index (κ3) is 4.20. The third-order valence-corrected chi connectivity index (χ3v) is 3.11. The first-order valence-electron chi connectivity index (χ1n) is 6.55. The van der Waals surface area contributed by atoms with Gasteiger partial charge < -0.3 is 20.5 Å². The molecule has 2 atom stereocenters. The van der Waals surface area contributed by atoms with Crippen molar-refractivity contribution >= 4 is 17.8 Å². The van der Waals surface area contributed by atoms with Crippen molar-refractivity contribution < 1.29 is 24.2 Å². The molecule has 0 saturated carbocycles. The van der Waals surface area contributed by atoms with Gasteiger partial charge in [0.2, 0.25) is 5.91 Å². The predicted molar refractivity (Wildman–Crippen MR) is 72.7 cm³/mol. The van der Waals surface area contributed by atoms with Crippen LogP contribution >= 0.6 is 0 Å². The molecule has 1 aliphatic rings. The maximum absolute atomic E-state index is 11.7. The highest BCUT2D eigenvalue weighted by Crippen LogP contribution is 2.13. The average molecular weight is 292 g/mol. The number of β-lactam (4-membered cyclic amide) rings is 1. The van der Waals surface area contributed by atoms with E-state index in [4.69, 9.17) is 9.84 Å². The van der Waals surface area contributed by atoms with Crippen LogP contribution in [0.2, 0.25) is 0 Å². The number of hydrogen-bond donors (Lipinski definition) is 3. The topological polar surface area (TPSA) is 105 Å². The van der Waals surface area contributed by atoms with Crippen LogP contribution < -0.4 is 15.4 Å². The molecule has 1 heterocycles. The highest BCUT2D eigenvalue weighted by Gasteiger charge is 2.40. The smallest absolute Gasteiger partial charge is 0.303 e. The van der Waals surface area contributed by atoms with E-state index < -0.39 is 17.9 Å². The Labute approximate surface area is 121 Å². The molecule has 1 saturated heterocycles. The van der Waals surface area contributed by atoms with Crippen LogP contribution in [0, 0.1) is 0 Å². The van der Waals surface area contributed by atoms with Crippen molar-refractivity contribution in [3.63, 3.8) is 0 Å². The van der Waals surface area contributed by atoms with Gasteiger partial charge >= 0.3 is 5.97 Å². The monoisotopic (exact) mass is 292 g/mol. The van der Waals surface area contributed by atoms with Crippen molar-refractivity contribution in [3.8, 4) is 5.75 Å². The minimum atomic E-state index is -0.936. The van der Waals surface area contributed by atoms with E-state index in [9.17, 15) is 14.4 Å². The Morgan fingerprint density at radius 1 is 1.29 bits per heavy atom. The Bertz CT molecular complexity index is 531. The van der Waals surface area contributed by atoms with Gasteiger partial charge in [0.25, 0.3) is 5.91 Å². The number of carbonyl (C=O) groups is 3. The van der Waals surface area contributed by atoms with E-state index in [1.807, 2.05) is 6.07 Å².